The Hall–Kier alpha value is -2.28. The summed E-state index contributed by atoms with van der Waals surface area (Å²) >= 11 is 0. The maximum atomic E-state index is 12.5. The molecule has 0 radical (unpaired) electrons. The Bertz CT molecular complexity index is 684. The minimum Gasteiger partial charge on any atom is -0.445 e. The first-order valence-corrected chi connectivity index (χ1v) is 9.86. The van der Waals surface area contributed by atoms with Crippen LogP contribution in [0.3, 0.4) is 0 Å². The maximum absolute atomic E-state index is 12.5. The molecule has 0 aromatic heterocycles. The standard InChI is InChI=1S/C21H30N2O5/c1-21(2,3)28-20(26)23(17-9-10-17)12-16-11-22(13-18(16)24)19(25)27-14-15-7-5-4-6-8-15/h4-8,16-18,24H,9-14H2,1-3H3/t16-,18+/m0/s1. The lowest BCUT2D eigenvalue weighted by molar-refractivity contribution is 0.0163. The van der Waals surface area contributed by atoms with Crippen molar-refractivity contribution in [3.05, 3.63) is 35.9 Å². The summed E-state index contributed by atoms with van der Waals surface area (Å²) in [5, 5.41) is 10.4. The highest BCUT2D eigenvalue weighted by Gasteiger charge is 2.41. The van der Waals surface area contributed by atoms with E-state index in [1.54, 1.807) is 4.90 Å². The Kier molecular flexibility index (Phi) is 6.13. The molecule has 2 fully saturated rings. The lowest BCUT2D eigenvalue weighted by Gasteiger charge is -2.29. The van der Waals surface area contributed by atoms with E-state index in [0.717, 1.165) is 18.4 Å². The summed E-state index contributed by atoms with van der Waals surface area (Å²) in [6.07, 6.45) is 0.413. The number of aliphatic hydroxyl groups excluding tert-OH is 1. The monoisotopic (exact) mass is 390 g/mol. The molecule has 154 valence electrons. The molecule has 7 heteroatoms. The Balaban J connectivity index is 1.53. The summed E-state index contributed by atoms with van der Waals surface area (Å²) in [4.78, 5) is 28.1. The Labute approximate surface area is 166 Å². The summed E-state index contributed by atoms with van der Waals surface area (Å²) in [6.45, 7) is 6.67. The van der Waals surface area contributed by atoms with Crippen molar-refractivity contribution in [2.45, 2.75) is 58.0 Å². The van der Waals surface area contributed by atoms with Gasteiger partial charge < -0.3 is 24.4 Å². The fraction of sp³-hybridized carbons (Fsp3) is 0.619. The zero-order chi connectivity index (χ0) is 20.3. The molecule has 1 aliphatic carbocycles. The molecule has 1 N–H and O–H groups in total. The highest BCUT2D eigenvalue weighted by atomic mass is 16.6. The molecule has 2 amide bonds. The summed E-state index contributed by atoms with van der Waals surface area (Å²) in [7, 11) is 0. The second-order valence-corrected chi connectivity index (χ2v) is 8.64. The lowest BCUT2D eigenvalue weighted by Crippen LogP contribution is -2.43. The van der Waals surface area contributed by atoms with Gasteiger partial charge in [0.15, 0.2) is 0 Å². The summed E-state index contributed by atoms with van der Waals surface area (Å²) in [6, 6.07) is 9.64. The van der Waals surface area contributed by atoms with E-state index in [-0.39, 0.29) is 31.2 Å². The van der Waals surface area contributed by atoms with Gasteiger partial charge in [-0.3, -0.25) is 0 Å². The number of likely N-dealkylation sites (tertiary alicyclic amines) is 1. The van der Waals surface area contributed by atoms with Crippen LogP contribution in [0.15, 0.2) is 30.3 Å². The van der Waals surface area contributed by atoms with Crippen LogP contribution in [-0.2, 0) is 16.1 Å². The number of benzene rings is 1. The van der Waals surface area contributed by atoms with Gasteiger partial charge in [-0.25, -0.2) is 9.59 Å². The SMILES string of the molecule is CC(C)(C)OC(=O)N(C[C@@H]1CN(C(=O)OCc2ccccc2)C[C@H]1O)C1CC1. The fourth-order valence-electron chi connectivity index (χ4n) is 3.33. The molecule has 1 saturated carbocycles. The van der Waals surface area contributed by atoms with Crippen molar-refractivity contribution in [3.63, 3.8) is 0 Å². The van der Waals surface area contributed by atoms with Crippen LogP contribution in [-0.4, -0.2) is 64.5 Å². The molecule has 1 heterocycles. The minimum absolute atomic E-state index is 0.168. The third-order valence-corrected chi connectivity index (χ3v) is 4.92. The average Bonchev–Trinajstić information content (AvgIpc) is 3.40. The molecule has 7 nitrogen and oxygen atoms in total. The number of amides is 2. The molecular weight excluding hydrogens is 360 g/mol. The van der Waals surface area contributed by atoms with Gasteiger partial charge in [0.05, 0.1) is 12.6 Å². The van der Waals surface area contributed by atoms with Gasteiger partial charge in [0.25, 0.3) is 0 Å². The van der Waals surface area contributed by atoms with Crippen molar-refractivity contribution < 1.29 is 24.2 Å². The van der Waals surface area contributed by atoms with E-state index in [4.69, 9.17) is 9.47 Å². The zero-order valence-electron chi connectivity index (χ0n) is 16.8. The molecule has 2 aliphatic rings. The van der Waals surface area contributed by atoms with Gasteiger partial charge in [-0.2, -0.15) is 0 Å². The van der Waals surface area contributed by atoms with Crippen LogP contribution < -0.4 is 0 Å². The second-order valence-electron chi connectivity index (χ2n) is 8.64. The Morgan fingerprint density at radius 2 is 1.86 bits per heavy atom. The third kappa shape index (κ3) is 5.61. The average molecular weight is 390 g/mol. The quantitative estimate of drug-likeness (QED) is 0.836. The van der Waals surface area contributed by atoms with Crippen molar-refractivity contribution >= 4 is 12.2 Å². The lowest BCUT2D eigenvalue weighted by atomic mass is 10.1. The molecule has 1 saturated heterocycles. The molecule has 0 spiro atoms. The number of hydrogen-bond acceptors (Lipinski definition) is 5. The highest BCUT2D eigenvalue weighted by Crippen LogP contribution is 2.31. The first-order valence-electron chi connectivity index (χ1n) is 9.86. The molecular formula is C21H30N2O5. The summed E-state index contributed by atoms with van der Waals surface area (Å²) < 4.78 is 10.9. The van der Waals surface area contributed by atoms with Gasteiger partial charge in [-0.1, -0.05) is 30.3 Å². The number of carbonyl (C=O) groups is 2. The first kappa shape index (κ1) is 20.5. The van der Waals surface area contributed by atoms with Crippen molar-refractivity contribution in [2.75, 3.05) is 19.6 Å². The van der Waals surface area contributed by atoms with E-state index in [1.807, 2.05) is 51.1 Å². The van der Waals surface area contributed by atoms with Crippen molar-refractivity contribution in [1.29, 1.82) is 0 Å². The van der Waals surface area contributed by atoms with Crippen LogP contribution in [0.5, 0.6) is 0 Å². The number of ether oxygens (including phenoxy) is 2. The van der Waals surface area contributed by atoms with Gasteiger partial charge in [0.1, 0.15) is 12.2 Å². The first-order chi connectivity index (χ1) is 13.2. The maximum Gasteiger partial charge on any atom is 0.410 e. The Morgan fingerprint density at radius 3 is 2.46 bits per heavy atom. The normalized spacial score (nSPS) is 22.1. The van der Waals surface area contributed by atoms with E-state index in [1.165, 1.54) is 4.90 Å². The largest absolute Gasteiger partial charge is 0.445 e. The molecule has 1 aliphatic heterocycles. The number of aliphatic hydroxyl groups is 1. The van der Waals surface area contributed by atoms with Crippen LogP contribution >= 0.6 is 0 Å². The fourth-order valence-corrected chi connectivity index (χ4v) is 3.33. The number of carbonyl (C=O) groups excluding carboxylic acids is 2. The predicted octanol–water partition coefficient (Wildman–Crippen LogP) is 3.02. The smallest absolute Gasteiger partial charge is 0.410 e. The van der Waals surface area contributed by atoms with E-state index >= 15 is 0 Å². The molecule has 1 aromatic carbocycles. The van der Waals surface area contributed by atoms with Crippen LogP contribution in [0.1, 0.15) is 39.2 Å². The number of hydrogen-bond donors (Lipinski definition) is 1. The van der Waals surface area contributed by atoms with Gasteiger partial charge in [-0.15, -0.1) is 0 Å². The van der Waals surface area contributed by atoms with Gasteiger partial charge in [-0.05, 0) is 39.2 Å². The number of nitrogens with zero attached hydrogens (tertiary/aromatic N) is 2. The molecule has 0 bridgehead atoms. The summed E-state index contributed by atoms with van der Waals surface area (Å²) in [5.74, 6) is -0.211. The van der Waals surface area contributed by atoms with Crippen molar-refractivity contribution in [2.24, 2.45) is 5.92 Å². The van der Waals surface area contributed by atoms with Crippen LogP contribution in [0, 0.1) is 5.92 Å². The third-order valence-electron chi connectivity index (χ3n) is 4.92. The van der Waals surface area contributed by atoms with Gasteiger partial charge in [0.2, 0.25) is 0 Å². The predicted molar refractivity (Wildman–Crippen MR) is 104 cm³/mol. The highest BCUT2D eigenvalue weighted by molar-refractivity contribution is 5.69. The summed E-state index contributed by atoms with van der Waals surface area (Å²) in [5.41, 5.74) is 0.350. The van der Waals surface area contributed by atoms with Crippen LogP contribution in [0.4, 0.5) is 9.59 Å². The van der Waals surface area contributed by atoms with E-state index in [0.29, 0.717) is 13.1 Å². The number of β-amino-alcohol motifs (C(OH)–C–C–N with tert-alkyl or cyclic N) is 1. The van der Waals surface area contributed by atoms with Crippen molar-refractivity contribution in [1.82, 2.24) is 9.80 Å². The van der Waals surface area contributed by atoms with Crippen LogP contribution in [0.25, 0.3) is 0 Å². The van der Waals surface area contributed by atoms with Gasteiger partial charge >= 0.3 is 12.2 Å². The Morgan fingerprint density at radius 1 is 1.18 bits per heavy atom. The van der Waals surface area contributed by atoms with Crippen molar-refractivity contribution in [3.8, 4) is 0 Å². The second kappa shape index (κ2) is 8.39. The molecule has 3 rings (SSSR count). The van der Waals surface area contributed by atoms with E-state index in [2.05, 4.69) is 0 Å². The topological polar surface area (TPSA) is 79.3 Å². The molecule has 1 aromatic rings. The molecule has 28 heavy (non-hydrogen) atoms. The van der Waals surface area contributed by atoms with Crippen LogP contribution in [0.2, 0.25) is 0 Å². The van der Waals surface area contributed by atoms with E-state index < -0.39 is 17.8 Å². The van der Waals surface area contributed by atoms with Gasteiger partial charge in [0, 0.05) is 25.0 Å². The van der Waals surface area contributed by atoms with E-state index in [9.17, 15) is 14.7 Å². The molecule has 0 unspecified atom stereocenters. The zero-order valence-corrected chi connectivity index (χ0v) is 16.8. The number of rotatable bonds is 5. The minimum atomic E-state index is -0.687. The molecule has 2 atom stereocenters.